The van der Waals surface area contributed by atoms with Gasteiger partial charge in [-0.25, -0.2) is 9.78 Å². The molecule has 1 atom stereocenters. The van der Waals surface area contributed by atoms with Gasteiger partial charge in [0.25, 0.3) is 0 Å². The second-order valence-electron chi connectivity index (χ2n) is 5.18. The summed E-state index contributed by atoms with van der Waals surface area (Å²) >= 11 is 0.601. The van der Waals surface area contributed by atoms with Gasteiger partial charge in [-0.3, -0.25) is 4.79 Å². The number of carboxylic acids is 1. The SMILES string of the molecule is Cc1csc(C(O)(CC(=O)NCc2ccc(C(=O)O)o2)C(F)(F)F)n1. The first-order valence-corrected chi connectivity index (χ1v) is 7.71. The number of nitrogens with one attached hydrogen (secondary N) is 1. The number of furan rings is 1. The van der Waals surface area contributed by atoms with Crippen molar-refractivity contribution in [3.63, 3.8) is 0 Å². The molecule has 0 radical (unpaired) electrons. The van der Waals surface area contributed by atoms with Crippen LogP contribution in [0.5, 0.6) is 0 Å². The van der Waals surface area contributed by atoms with Crippen LogP contribution in [0.3, 0.4) is 0 Å². The van der Waals surface area contributed by atoms with Crippen molar-refractivity contribution in [2.24, 2.45) is 0 Å². The van der Waals surface area contributed by atoms with E-state index in [1.807, 2.05) is 0 Å². The molecule has 0 spiro atoms. The number of aromatic carboxylic acids is 1. The molecule has 3 N–H and O–H groups in total. The molecule has 7 nitrogen and oxygen atoms in total. The smallest absolute Gasteiger partial charge is 0.424 e. The highest BCUT2D eigenvalue weighted by atomic mass is 32.1. The third-order valence-electron chi connectivity index (χ3n) is 3.19. The average molecular weight is 378 g/mol. The molecule has 2 rings (SSSR count). The van der Waals surface area contributed by atoms with Crippen LogP contribution in [0.4, 0.5) is 13.2 Å². The lowest BCUT2D eigenvalue weighted by atomic mass is 9.99. The summed E-state index contributed by atoms with van der Waals surface area (Å²) < 4.78 is 44.7. The molecule has 1 amide bonds. The molecule has 0 aliphatic rings. The number of halogens is 3. The van der Waals surface area contributed by atoms with Crippen LogP contribution in [0.1, 0.15) is 33.4 Å². The molecule has 0 aliphatic heterocycles. The van der Waals surface area contributed by atoms with E-state index in [9.17, 15) is 27.9 Å². The lowest BCUT2D eigenvalue weighted by molar-refractivity contribution is -0.267. The van der Waals surface area contributed by atoms with Gasteiger partial charge in [-0.05, 0) is 19.1 Å². The van der Waals surface area contributed by atoms with Crippen molar-refractivity contribution < 1.29 is 37.4 Å². The minimum absolute atomic E-state index is 0.0476. The average Bonchev–Trinajstić information content (AvgIpc) is 3.12. The van der Waals surface area contributed by atoms with E-state index in [1.54, 1.807) is 0 Å². The number of hydrogen-bond acceptors (Lipinski definition) is 6. The molecule has 2 aromatic rings. The van der Waals surface area contributed by atoms with Gasteiger partial charge in [0.05, 0.1) is 13.0 Å². The molecule has 2 heterocycles. The van der Waals surface area contributed by atoms with Gasteiger partial charge in [0.1, 0.15) is 10.8 Å². The van der Waals surface area contributed by atoms with Gasteiger partial charge in [0.2, 0.25) is 17.3 Å². The zero-order valence-electron chi connectivity index (χ0n) is 12.8. The van der Waals surface area contributed by atoms with Crippen molar-refractivity contribution in [2.75, 3.05) is 0 Å². The van der Waals surface area contributed by atoms with Gasteiger partial charge in [-0.2, -0.15) is 13.2 Å². The Kier molecular flexibility index (Phi) is 5.18. The van der Waals surface area contributed by atoms with Crippen LogP contribution in [-0.2, 0) is 16.9 Å². The van der Waals surface area contributed by atoms with Gasteiger partial charge in [0.15, 0.2) is 0 Å². The Morgan fingerprint density at radius 1 is 1.36 bits per heavy atom. The molecule has 0 saturated carbocycles. The molecule has 1 unspecified atom stereocenters. The number of carbonyl (C=O) groups excluding carboxylic acids is 1. The standard InChI is InChI=1S/C14H13F3N2O5S/c1-7-6-25-12(19-7)13(23,14(15,16)17)4-10(20)18-5-8-2-3-9(24-8)11(21)22/h2-3,6,23H,4-5H2,1H3,(H,18,20)(H,21,22). The number of aryl methyl sites for hydroxylation is 1. The Labute approximate surface area is 143 Å². The van der Waals surface area contributed by atoms with Crippen LogP contribution in [0.15, 0.2) is 21.9 Å². The summed E-state index contributed by atoms with van der Waals surface area (Å²) in [6.45, 7) is 1.14. The number of aromatic nitrogens is 1. The number of aliphatic hydroxyl groups is 1. The maximum absolute atomic E-state index is 13.3. The highest BCUT2D eigenvalue weighted by Gasteiger charge is 2.58. The van der Waals surface area contributed by atoms with E-state index < -0.39 is 35.1 Å². The fraction of sp³-hybridized carbons (Fsp3) is 0.357. The quantitative estimate of drug-likeness (QED) is 0.710. The van der Waals surface area contributed by atoms with Crippen molar-refractivity contribution in [3.05, 3.63) is 39.7 Å². The first kappa shape index (κ1) is 18.9. The summed E-state index contributed by atoms with van der Waals surface area (Å²) in [6.07, 6.45) is -6.38. The second kappa shape index (κ2) is 6.84. The molecule has 2 aromatic heterocycles. The van der Waals surface area contributed by atoms with Gasteiger partial charge in [0, 0.05) is 11.1 Å². The molecule has 0 aliphatic carbocycles. The molecule has 0 aromatic carbocycles. The molecule has 0 fully saturated rings. The van der Waals surface area contributed by atoms with Crippen LogP contribution in [0, 0.1) is 6.92 Å². The maximum Gasteiger partial charge on any atom is 0.424 e. The van der Waals surface area contributed by atoms with E-state index in [2.05, 4.69) is 10.3 Å². The molecule has 11 heteroatoms. The number of carboxylic acid groups (broad SMARTS) is 1. The molecular formula is C14H13F3N2O5S. The van der Waals surface area contributed by atoms with E-state index in [4.69, 9.17) is 9.52 Å². The third kappa shape index (κ3) is 4.17. The van der Waals surface area contributed by atoms with Gasteiger partial charge < -0.3 is 19.9 Å². The lowest BCUT2D eigenvalue weighted by Crippen LogP contribution is -2.46. The molecule has 0 bridgehead atoms. The van der Waals surface area contributed by atoms with E-state index in [1.165, 1.54) is 18.4 Å². The number of carbonyl (C=O) groups is 2. The molecule has 25 heavy (non-hydrogen) atoms. The van der Waals surface area contributed by atoms with Gasteiger partial charge in [-0.15, -0.1) is 11.3 Å². The van der Waals surface area contributed by atoms with Gasteiger partial charge >= 0.3 is 12.1 Å². The zero-order chi connectivity index (χ0) is 18.8. The highest BCUT2D eigenvalue weighted by molar-refractivity contribution is 7.09. The lowest BCUT2D eigenvalue weighted by Gasteiger charge is -2.27. The Morgan fingerprint density at radius 3 is 2.52 bits per heavy atom. The summed E-state index contributed by atoms with van der Waals surface area (Å²) in [6, 6.07) is 2.41. The first-order chi connectivity index (χ1) is 11.5. The number of alkyl halides is 3. The fourth-order valence-electron chi connectivity index (χ4n) is 1.91. The normalized spacial score (nSPS) is 14.1. The van der Waals surface area contributed by atoms with Crippen molar-refractivity contribution in [2.45, 2.75) is 31.7 Å². The van der Waals surface area contributed by atoms with Crippen LogP contribution >= 0.6 is 11.3 Å². The monoisotopic (exact) mass is 378 g/mol. The second-order valence-corrected chi connectivity index (χ2v) is 6.03. The van der Waals surface area contributed by atoms with Crippen LogP contribution in [0.2, 0.25) is 0 Å². The summed E-state index contributed by atoms with van der Waals surface area (Å²) in [4.78, 5) is 26.1. The Bertz CT molecular complexity index is 786. The molecule has 136 valence electrons. The van der Waals surface area contributed by atoms with Crippen molar-refractivity contribution in [3.8, 4) is 0 Å². The number of nitrogens with zero attached hydrogens (tertiary/aromatic N) is 1. The van der Waals surface area contributed by atoms with Crippen molar-refractivity contribution >= 4 is 23.2 Å². The Morgan fingerprint density at radius 2 is 2.04 bits per heavy atom. The fourth-order valence-corrected chi connectivity index (χ4v) is 2.82. The van der Waals surface area contributed by atoms with Gasteiger partial charge in [-0.1, -0.05) is 0 Å². The predicted molar refractivity (Wildman–Crippen MR) is 78.9 cm³/mol. The number of thiazole rings is 1. The van der Waals surface area contributed by atoms with Crippen molar-refractivity contribution in [1.29, 1.82) is 0 Å². The zero-order valence-corrected chi connectivity index (χ0v) is 13.6. The summed E-state index contributed by atoms with van der Waals surface area (Å²) in [5.41, 5.74) is -3.12. The molecular weight excluding hydrogens is 365 g/mol. The highest BCUT2D eigenvalue weighted by Crippen LogP contribution is 2.42. The minimum atomic E-state index is -5.10. The van der Waals surface area contributed by atoms with Crippen molar-refractivity contribution in [1.82, 2.24) is 10.3 Å². The largest absolute Gasteiger partial charge is 0.475 e. The van der Waals surface area contributed by atoms with E-state index in [-0.39, 0.29) is 18.1 Å². The Balaban J connectivity index is 2.08. The summed E-state index contributed by atoms with van der Waals surface area (Å²) in [7, 11) is 0. The van der Waals surface area contributed by atoms with Crippen LogP contribution < -0.4 is 5.32 Å². The van der Waals surface area contributed by atoms with E-state index in [0.29, 0.717) is 17.0 Å². The number of hydrogen-bond donors (Lipinski definition) is 3. The Hall–Kier alpha value is -2.40. The number of rotatable bonds is 6. The minimum Gasteiger partial charge on any atom is -0.475 e. The predicted octanol–water partition coefficient (Wildman–Crippen LogP) is 2.20. The van der Waals surface area contributed by atoms with Crippen LogP contribution in [-0.4, -0.2) is 33.2 Å². The van der Waals surface area contributed by atoms with Crippen LogP contribution in [0.25, 0.3) is 0 Å². The third-order valence-corrected chi connectivity index (χ3v) is 4.30. The maximum atomic E-state index is 13.3. The number of amides is 1. The van der Waals surface area contributed by atoms with E-state index >= 15 is 0 Å². The molecule has 0 saturated heterocycles. The van der Waals surface area contributed by atoms with E-state index in [0.717, 1.165) is 6.07 Å². The topological polar surface area (TPSA) is 113 Å². The summed E-state index contributed by atoms with van der Waals surface area (Å²) in [5, 5.41) is 21.6. The summed E-state index contributed by atoms with van der Waals surface area (Å²) in [5.74, 6) is -2.73. The first-order valence-electron chi connectivity index (χ1n) is 6.83.